The number of likely N-dealkylation sites (tertiary alicyclic amines) is 2. The van der Waals surface area contributed by atoms with Crippen molar-refractivity contribution in [3.05, 3.63) is 34.0 Å². The summed E-state index contributed by atoms with van der Waals surface area (Å²) >= 11 is 1.61. The van der Waals surface area contributed by atoms with Crippen molar-refractivity contribution in [2.75, 3.05) is 26.2 Å². The Morgan fingerprint density at radius 2 is 2.19 bits per heavy atom. The molecule has 4 rings (SSSR count). The number of carbonyl (C=O) groups excluding carboxylic acids is 2. The van der Waals surface area contributed by atoms with E-state index < -0.39 is 0 Å². The fourth-order valence-electron chi connectivity index (χ4n) is 4.25. The normalized spacial score (nSPS) is 25.4. The number of thiophene rings is 1. The molecule has 1 N–H and O–H groups in total. The average molecular weight is 373 g/mol. The minimum absolute atomic E-state index is 0.0718. The van der Waals surface area contributed by atoms with Crippen LogP contribution < -0.4 is 0 Å². The van der Waals surface area contributed by atoms with E-state index in [1.165, 1.54) is 0 Å². The van der Waals surface area contributed by atoms with Crippen molar-refractivity contribution in [2.45, 2.75) is 32.1 Å². The zero-order valence-corrected chi connectivity index (χ0v) is 15.9. The molecule has 0 spiro atoms. The molecule has 26 heavy (non-hydrogen) atoms. The van der Waals surface area contributed by atoms with Crippen LogP contribution in [0.25, 0.3) is 0 Å². The molecule has 2 saturated heterocycles. The van der Waals surface area contributed by atoms with Crippen molar-refractivity contribution in [1.82, 2.24) is 25.0 Å². The summed E-state index contributed by atoms with van der Waals surface area (Å²) in [6.45, 7) is 6.12. The second kappa shape index (κ2) is 6.50. The summed E-state index contributed by atoms with van der Waals surface area (Å²) in [5.74, 6) is 1.97. The lowest BCUT2D eigenvalue weighted by atomic mass is 9.72. The molecule has 2 fully saturated rings. The second-order valence-electron chi connectivity index (χ2n) is 7.34. The third-order valence-corrected chi connectivity index (χ3v) is 6.59. The van der Waals surface area contributed by atoms with Gasteiger partial charge in [-0.05, 0) is 24.8 Å². The van der Waals surface area contributed by atoms with Crippen LogP contribution in [-0.2, 0) is 21.4 Å². The van der Waals surface area contributed by atoms with Gasteiger partial charge in [0.25, 0.3) is 0 Å². The summed E-state index contributed by atoms with van der Waals surface area (Å²) < 4.78 is 0. The molecule has 2 amide bonds. The van der Waals surface area contributed by atoms with Gasteiger partial charge in [0.2, 0.25) is 11.8 Å². The van der Waals surface area contributed by atoms with Crippen LogP contribution in [0.3, 0.4) is 0 Å². The molecular weight excluding hydrogens is 350 g/mol. The number of hydrogen-bond acceptors (Lipinski definition) is 5. The number of nitrogens with zero attached hydrogens (tertiary/aromatic N) is 4. The quantitative estimate of drug-likeness (QED) is 0.881. The highest BCUT2D eigenvalue weighted by atomic mass is 32.1. The minimum Gasteiger partial charge on any atom is -0.342 e. The van der Waals surface area contributed by atoms with Crippen LogP contribution in [-0.4, -0.2) is 63.0 Å². The van der Waals surface area contributed by atoms with E-state index in [0.717, 1.165) is 22.9 Å². The Hall–Kier alpha value is -2.22. The maximum absolute atomic E-state index is 12.7. The Balaban J connectivity index is 1.56. The molecule has 0 radical (unpaired) electrons. The predicted molar refractivity (Wildman–Crippen MR) is 97.8 cm³/mol. The standard InChI is InChI=1S/C18H23N5O2S/c1-12-19-17(21-20-12)18-5-6-22(16(25)8-15-4-3-7-26-15)9-14(18)10-23(11-18)13(2)24/h3-4,7,14H,5-6,8-11H2,1-2H3,(H,19,20,21)/t14-,18-/m1/s1. The molecule has 0 aromatic carbocycles. The smallest absolute Gasteiger partial charge is 0.227 e. The number of carbonyl (C=O) groups is 2. The molecule has 138 valence electrons. The SMILES string of the molecule is CC(=O)N1C[C@H]2CN(C(=O)Cc3cccs3)CC[C@@]2(c2n[nH]c(C)n2)C1. The molecule has 2 aromatic rings. The van der Waals surface area contributed by atoms with Gasteiger partial charge < -0.3 is 9.80 Å². The molecule has 0 saturated carbocycles. The first kappa shape index (κ1) is 17.2. The molecule has 2 atom stereocenters. The maximum atomic E-state index is 12.7. The summed E-state index contributed by atoms with van der Waals surface area (Å²) in [5, 5.41) is 9.36. The van der Waals surface area contributed by atoms with Gasteiger partial charge in [-0.2, -0.15) is 5.10 Å². The van der Waals surface area contributed by atoms with E-state index in [2.05, 4.69) is 15.2 Å². The number of piperidine rings is 1. The lowest BCUT2D eigenvalue weighted by molar-refractivity contribution is -0.133. The minimum atomic E-state index is -0.254. The fraction of sp³-hybridized carbons (Fsp3) is 0.556. The fourth-order valence-corrected chi connectivity index (χ4v) is 4.95. The Kier molecular flexibility index (Phi) is 4.30. The Labute approximate surface area is 156 Å². The van der Waals surface area contributed by atoms with E-state index in [1.54, 1.807) is 18.3 Å². The first-order valence-corrected chi connectivity index (χ1v) is 9.81. The number of aromatic amines is 1. The summed E-state index contributed by atoms with van der Waals surface area (Å²) in [6, 6.07) is 3.97. The van der Waals surface area contributed by atoms with Gasteiger partial charge in [-0.15, -0.1) is 11.3 Å². The molecule has 8 heteroatoms. The molecule has 0 bridgehead atoms. The first-order valence-electron chi connectivity index (χ1n) is 8.93. The van der Waals surface area contributed by atoms with Gasteiger partial charge in [-0.25, -0.2) is 4.98 Å². The number of nitrogens with one attached hydrogen (secondary N) is 1. The van der Waals surface area contributed by atoms with E-state index in [9.17, 15) is 9.59 Å². The average Bonchev–Trinajstić information content (AvgIpc) is 3.33. The van der Waals surface area contributed by atoms with Gasteiger partial charge in [0.1, 0.15) is 5.82 Å². The number of aryl methyl sites for hydroxylation is 1. The zero-order chi connectivity index (χ0) is 18.3. The van der Waals surface area contributed by atoms with Crippen molar-refractivity contribution in [2.24, 2.45) is 5.92 Å². The van der Waals surface area contributed by atoms with E-state index in [0.29, 0.717) is 32.6 Å². The van der Waals surface area contributed by atoms with Gasteiger partial charge in [-0.1, -0.05) is 6.07 Å². The Morgan fingerprint density at radius 1 is 1.38 bits per heavy atom. The van der Waals surface area contributed by atoms with Crippen LogP contribution in [0, 0.1) is 12.8 Å². The predicted octanol–water partition coefficient (Wildman–Crippen LogP) is 1.37. The Bertz CT molecular complexity index is 817. The number of fused-ring (bicyclic) bond motifs is 1. The number of H-pyrrole nitrogens is 1. The number of amides is 2. The third-order valence-electron chi connectivity index (χ3n) is 5.71. The van der Waals surface area contributed by atoms with Gasteiger partial charge in [-0.3, -0.25) is 14.7 Å². The van der Waals surface area contributed by atoms with Gasteiger partial charge >= 0.3 is 0 Å². The third kappa shape index (κ3) is 2.92. The summed E-state index contributed by atoms with van der Waals surface area (Å²) in [6.07, 6.45) is 1.24. The van der Waals surface area contributed by atoms with Crippen LogP contribution >= 0.6 is 11.3 Å². The number of rotatable bonds is 3. The van der Waals surface area contributed by atoms with E-state index in [4.69, 9.17) is 0 Å². The van der Waals surface area contributed by atoms with Gasteiger partial charge in [0, 0.05) is 43.9 Å². The van der Waals surface area contributed by atoms with Gasteiger partial charge in [0.15, 0.2) is 5.82 Å². The van der Waals surface area contributed by atoms with E-state index in [-0.39, 0.29) is 23.1 Å². The molecule has 2 aliphatic heterocycles. The topological polar surface area (TPSA) is 82.2 Å². The maximum Gasteiger partial charge on any atom is 0.227 e. The molecule has 7 nitrogen and oxygen atoms in total. The van der Waals surface area contributed by atoms with Crippen LogP contribution in [0.15, 0.2) is 17.5 Å². The summed E-state index contributed by atoms with van der Waals surface area (Å²) in [7, 11) is 0. The monoisotopic (exact) mass is 373 g/mol. The molecule has 4 heterocycles. The number of hydrogen-bond donors (Lipinski definition) is 1. The molecular formula is C18H23N5O2S. The van der Waals surface area contributed by atoms with Crippen molar-refractivity contribution in [3.63, 3.8) is 0 Å². The van der Waals surface area contributed by atoms with Crippen molar-refractivity contribution >= 4 is 23.2 Å². The molecule has 2 aliphatic rings. The molecule has 0 aliphatic carbocycles. The van der Waals surface area contributed by atoms with Crippen LogP contribution in [0.5, 0.6) is 0 Å². The second-order valence-corrected chi connectivity index (χ2v) is 8.38. The highest BCUT2D eigenvalue weighted by molar-refractivity contribution is 7.10. The zero-order valence-electron chi connectivity index (χ0n) is 15.1. The largest absolute Gasteiger partial charge is 0.342 e. The van der Waals surface area contributed by atoms with Crippen molar-refractivity contribution in [1.29, 1.82) is 0 Å². The first-order chi connectivity index (χ1) is 12.5. The van der Waals surface area contributed by atoms with Crippen molar-refractivity contribution < 1.29 is 9.59 Å². The van der Waals surface area contributed by atoms with E-state index in [1.807, 2.05) is 34.2 Å². The lowest BCUT2D eigenvalue weighted by Crippen LogP contribution is -2.52. The van der Waals surface area contributed by atoms with Gasteiger partial charge in [0.05, 0.1) is 11.8 Å². The summed E-state index contributed by atoms with van der Waals surface area (Å²) in [4.78, 5) is 34.2. The molecule has 2 aromatic heterocycles. The highest BCUT2D eigenvalue weighted by Gasteiger charge is 2.54. The van der Waals surface area contributed by atoms with E-state index >= 15 is 0 Å². The van der Waals surface area contributed by atoms with Crippen LogP contribution in [0.2, 0.25) is 0 Å². The number of aromatic nitrogens is 3. The lowest BCUT2D eigenvalue weighted by Gasteiger charge is -2.41. The van der Waals surface area contributed by atoms with Crippen LogP contribution in [0.4, 0.5) is 0 Å². The molecule has 0 unspecified atom stereocenters. The highest BCUT2D eigenvalue weighted by Crippen LogP contribution is 2.44. The van der Waals surface area contributed by atoms with Crippen molar-refractivity contribution in [3.8, 4) is 0 Å². The summed E-state index contributed by atoms with van der Waals surface area (Å²) in [5.41, 5.74) is -0.254. The van der Waals surface area contributed by atoms with Crippen LogP contribution in [0.1, 0.15) is 29.9 Å². The Morgan fingerprint density at radius 3 is 2.85 bits per heavy atom.